The summed E-state index contributed by atoms with van der Waals surface area (Å²) in [4.78, 5) is 27.1. The van der Waals surface area contributed by atoms with Crippen LogP contribution in [0.2, 0.25) is 0 Å². The van der Waals surface area contributed by atoms with E-state index in [1.807, 2.05) is 30.0 Å². The Morgan fingerprint density at radius 1 is 1.32 bits per heavy atom. The standard InChI is InChI=1S/C14H21N3O.C2HF3O2/c1-2-14(18)17(13-5-3-4-8-16-13)11-12-6-9-15-10-7-12;3-2(4,5)1(6)7/h3-5,8,12,15H,2,6-7,9-11H2,1H3;(H,6,7). The van der Waals surface area contributed by atoms with Crippen molar-refractivity contribution in [2.75, 3.05) is 24.5 Å². The second-order valence-electron chi connectivity index (χ2n) is 5.54. The second kappa shape index (κ2) is 9.97. The smallest absolute Gasteiger partial charge is 0.475 e. The number of hydrogen-bond donors (Lipinski definition) is 2. The van der Waals surface area contributed by atoms with Crippen LogP contribution in [-0.4, -0.2) is 47.8 Å². The van der Waals surface area contributed by atoms with E-state index in [0.29, 0.717) is 12.3 Å². The molecule has 2 heterocycles. The topological polar surface area (TPSA) is 82.5 Å². The number of aliphatic carboxylic acids is 1. The summed E-state index contributed by atoms with van der Waals surface area (Å²) in [5.41, 5.74) is 0. The van der Waals surface area contributed by atoms with E-state index in [0.717, 1.165) is 38.3 Å². The minimum Gasteiger partial charge on any atom is -0.475 e. The van der Waals surface area contributed by atoms with Crippen molar-refractivity contribution in [3.05, 3.63) is 24.4 Å². The molecule has 1 aromatic rings. The van der Waals surface area contributed by atoms with Crippen molar-refractivity contribution >= 4 is 17.7 Å². The van der Waals surface area contributed by atoms with Gasteiger partial charge in [0.1, 0.15) is 5.82 Å². The number of rotatable bonds is 4. The normalized spacial score (nSPS) is 15.0. The predicted molar refractivity (Wildman–Crippen MR) is 86.2 cm³/mol. The van der Waals surface area contributed by atoms with E-state index in [9.17, 15) is 18.0 Å². The fourth-order valence-corrected chi connectivity index (χ4v) is 2.35. The lowest BCUT2D eigenvalue weighted by molar-refractivity contribution is -0.192. The van der Waals surface area contributed by atoms with E-state index in [-0.39, 0.29) is 5.91 Å². The Morgan fingerprint density at radius 3 is 2.36 bits per heavy atom. The van der Waals surface area contributed by atoms with E-state index in [2.05, 4.69) is 10.3 Å². The van der Waals surface area contributed by atoms with Crippen LogP contribution in [0, 0.1) is 5.92 Å². The molecule has 1 aliphatic heterocycles. The number of carbonyl (C=O) groups is 2. The number of nitrogens with one attached hydrogen (secondary N) is 1. The van der Waals surface area contributed by atoms with Crippen LogP contribution in [0.4, 0.5) is 19.0 Å². The number of anilines is 1. The number of carboxylic acids is 1. The number of alkyl halides is 3. The second-order valence-corrected chi connectivity index (χ2v) is 5.54. The van der Waals surface area contributed by atoms with Crippen molar-refractivity contribution in [1.82, 2.24) is 10.3 Å². The molecule has 1 amide bonds. The molecule has 6 nitrogen and oxygen atoms in total. The quantitative estimate of drug-likeness (QED) is 0.861. The molecular formula is C16H22F3N3O3. The number of pyridine rings is 1. The number of halogens is 3. The first-order valence-corrected chi connectivity index (χ1v) is 7.98. The number of nitrogens with zero attached hydrogens (tertiary/aromatic N) is 2. The first-order chi connectivity index (χ1) is 11.8. The lowest BCUT2D eigenvalue weighted by Gasteiger charge is -2.29. The maximum absolute atomic E-state index is 12.1. The molecule has 0 saturated carbocycles. The molecule has 140 valence electrons. The highest BCUT2D eigenvalue weighted by atomic mass is 19.4. The maximum atomic E-state index is 12.1. The molecule has 0 aliphatic carbocycles. The molecule has 2 rings (SSSR count). The number of hydrogen-bond acceptors (Lipinski definition) is 4. The number of aromatic nitrogens is 1. The number of carboxylic acid groups (broad SMARTS) is 1. The fraction of sp³-hybridized carbons (Fsp3) is 0.562. The molecule has 0 aromatic carbocycles. The molecular weight excluding hydrogens is 339 g/mol. The van der Waals surface area contributed by atoms with Gasteiger partial charge in [-0.25, -0.2) is 9.78 Å². The van der Waals surface area contributed by atoms with Crippen LogP contribution in [0.3, 0.4) is 0 Å². The summed E-state index contributed by atoms with van der Waals surface area (Å²) in [7, 11) is 0. The summed E-state index contributed by atoms with van der Waals surface area (Å²) in [6.07, 6.45) is -0.532. The predicted octanol–water partition coefficient (Wildman–Crippen LogP) is 2.46. The Labute approximate surface area is 144 Å². The zero-order valence-corrected chi connectivity index (χ0v) is 13.9. The first-order valence-electron chi connectivity index (χ1n) is 7.98. The van der Waals surface area contributed by atoms with E-state index < -0.39 is 12.1 Å². The van der Waals surface area contributed by atoms with Gasteiger partial charge in [-0.2, -0.15) is 13.2 Å². The van der Waals surface area contributed by atoms with Crippen molar-refractivity contribution in [2.45, 2.75) is 32.4 Å². The molecule has 0 radical (unpaired) electrons. The lowest BCUT2D eigenvalue weighted by Crippen LogP contribution is -2.39. The number of amides is 1. The van der Waals surface area contributed by atoms with Crippen LogP contribution in [-0.2, 0) is 9.59 Å². The summed E-state index contributed by atoms with van der Waals surface area (Å²) >= 11 is 0. The van der Waals surface area contributed by atoms with Crippen LogP contribution in [0.5, 0.6) is 0 Å². The van der Waals surface area contributed by atoms with Gasteiger partial charge < -0.3 is 10.4 Å². The van der Waals surface area contributed by atoms with Gasteiger partial charge in [-0.15, -0.1) is 0 Å². The Balaban J connectivity index is 0.000000381. The molecule has 1 saturated heterocycles. The van der Waals surface area contributed by atoms with Gasteiger partial charge in [-0.3, -0.25) is 9.69 Å². The van der Waals surface area contributed by atoms with Crippen LogP contribution < -0.4 is 10.2 Å². The minimum atomic E-state index is -5.08. The molecule has 0 atom stereocenters. The molecule has 0 spiro atoms. The number of piperidine rings is 1. The van der Waals surface area contributed by atoms with Crippen molar-refractivity contribution < 1.29 is 27.9 Å². The van der Waals surface area contributed by atoms with Gasteiger partial charge in [0.25, 0.3) is 0 Å². The van der Waals surface area contributed by atoms with Gasteiger partial charge in [0.2, 0.25) is 5.91 Å². The van der Waals surface area contributed by atoms with E-state index in [4.69, 9.17) is 9.90 Å². The molecule has 2 N–H and O–H groups in total. The summed E-state index contributed by atoms with van der Waals surface area (Å²) in [5.74, 6) is -1.23. The van der Waals surface area contributed by atoms with Gasteiger partial charge in [-0.05, 0) is 44.0 Å². The number of carbonyl (C=O) groups excluding carboxylic acids is 1. The zero-order chi connectivity index (χ0) is 18.9. The highest BCUT2D eigenvalue weighted by molar-refractivity contribution is 5.92. The van der Waals surface area contributed by atoms with Gasteiger partial charge in [-0.1, -0.05) is 13.0 Å². The maximum Gasteiger partial charge on any atom is 0.490 e. The largest absolute Gasteiger partial charge is 0.490 e. The minimum absolute atomic E-state index is 0.159. The molecule has 0 unspecified atom stereocenters. The van der Waals surface area contributed by atoms with E-state index in [1.54, 1.807) is 6.20 Å². The molecule has 9 heteroatoms. The first kappa shape index (κ1) is 20.9. The third-order valence-corrected chi connectivity index (χ3v) is 3.67. The summed E-state index contributed by atoms with van der Waals surface area (Å²) in [6.45, 7) is 4.81. The highest BCUT2D eigenvalue weighted by Gasteiger charge is 2.38. The third kappa shape index (κ3) is 7.51. The Kier molecular flexibility index (Phi) is 8.33. The van der Waals surface area contributed by atoms with Crippen LogP contribution >= 0.6 is 0 Å². The van der Waals surface area contributed by atoms with Crippen LogP contribution in [0.25, 0.3) is 0 Å². The van der Waals surface area contributed by atoms with Gasteiger partial charge in [0.05, 0.1) is 0 Å². The highest BCUT2D eigenvalue weighted by Crippen LogP contribution is 2.18. The van der Waals surface area contributed by atoms with Crippen LogP contribution in [0.1, 0.15) is 26.2 Å². The molecule has 1 aliphatic rings. The molecule has 1 fully saturated rings. The van der Waals surface area contributed by atoms with Crippen molar-refractivity contribution in [3.63, 3.8) is 0 Å². The van der Waals surface area contributed by atoms with Crippen molar-refractivity contribution in [3.8, 4) is 0 Å². The van der Waals surface area contributed by atoms with Crippen molar-refractivity contribution in [2.24, 2.45) is 5.92 Å². The van der Waals surface area contributed by atoms with E-state index >= 15 is 0 Å². The summed E-state index contributed by atoms with van der Waals surface area (Å²) in [5, 5.41) is 10.5. The SMILES string of the molecule is CCC(=O)N(CC1CCNCC1)c1ccccn1.O=C(O)C(F)(F)F. The molecule has 1 aromatic heterocycles. The lowest BCUT2D eigenvalue weighted by atomic mass is 9.97. The Morgan fingerprint density at radius 2 is 1.92 bits per heavy atom. The zero-order valence-electron chi connectivity index (χ0n) is 13.9. The molecule has 25 heavy (non-hydrogen) atoms. The average molecular weight is 361 g/mol. The van der Waals surface area contributed by atoms with E-state index in [1.165, 1.54) is 0 Å². The van der Waals surface area contributed by atoms with Gasteiger partial charge >= 0.3 is 12.1 Å². The van der Waals surface area contributed by atoms with Crippen LogP contribution in [0.15, 0.2) is 24.4 Å². The molecule has 0 bridgehead atoms. The Hall–Kier alpha value is -2.16. The summed E-state index contributed by atoms with van der Waals surface area (Å²) < 4.78 is 31.7. The third-order valence-electron chi connectivity index (χ3n) is 3.67. The Bertz CT molecular complexity index is 547. The summed E-state index contributed by atoms with van der Waals surface area (Å²) in [6, 6.07) is 5.72. The van der Waals surface area contributed by atoms with Gasteiger partial charge in [0, 0.05) is 19.2 Å². The fourth-order valence-electron chi connectivity index (χ4n) is 2.35. The monoisotopic (exact) mass is 361 g/mol. The average Bonchev–Trinajstić information content (AvgIpc) is 2.60. The van der Waals surface area contributed by atoms with Crippen molar-refractivity contribution in [1.29, 1.82) is 0 Å². The van der Waals surface area contributed by atoms with Gasteiger partial charge in [0.15, 0.2) is 0 Å².